The van der Waals surface area contributed by atoms with Crippen LogP contribution in [0.15, 0.2) is 53.6 Å². The molecule has 2 aromatic carbocycles. The Morgan fingerprint density at radius 3 is 2.62 bits per heavy atom. The van der Waals surface area contributed by atoms with E-state index in [9.17, 15) is 14.4 Å². The Morgan fingerprint density at radius 1 is 1.15 bits per heavy atom. The fourth-order valence-corrected chi connectivity index (χ4v) is 4.77. The van der Waals surface area contributed by atoms with E-state index in [0.717, 1.165) is 16.9 Å². The smallest absolute Gasteiger partial charge is 0.266 e. The van der Waals surface area contributed by atoms with Gasteiger partial charge in [-0.1, -0.05) is 29.8 Å². The van der Waals surface area contributed by atoms with Crippen molar-refractivity contribution in [3.05, 3.63) is 80.2 Å². The van der Waals surface area contributed by atoms with Gasteiger partial charge in [0.25, 0.3) is 11.5 Å². The normalized spacial score (nSPS) is 10.8. The predicted octanol–water partition coefficient (Wildman–Crippen LogP) is 4.63. The number of amides is 2. The molecule has 0 unspecified atom stereocenters. The molecule has 0 aliphatic carbocycles. The molecule has 0 saturated carbocycles. The fraction of sp³-hybridized carbons (Fsp3) is 0.167. The number of benzene rings is 2. The van der Waals surface area contributed by atoms with E-state index in [4.69, 9.17) is 16.3 Å². The maximum Gasteiger partial charge on any atom is 0.266 e. The number of carbonyl (C=O) groups excluding carboxylic acids is 2. The molecule has 0 bridgehead atoms. The SMILES string of the molecule is COc1ccc(NC(=O)Cn2cnc3sc(C(=O)Nc4ccccc4C)c(C)c3c2=O)cc1Cl. The number of hydrogen-bond donors (Lipinski definition) is 2. The van der Waals surface area contributed by atoms with Crippen LogP contribution < -0.4 is 20.9 Å². The zero-order valence-electron chi connectivity index (χ0n) is 18.6. The lowest BCUT2D eigenvalue weighted by atomic mass is 10.2. The number of para-hydroxylation sites is 1. The first kappa shape index (κ1) is 23.5. The molecule has 8 nitrogen and oxygen atoms in total. The maximum absolute atomic E-state index is 13.1. The van der Waals surface area contributed by atoms with Gasteiger partial charge in [0.2, 0.25) is 5.91 Å². The summed E-state index contributed by atoms with van der Waals surface area (Å²) >= 11 is 7.24. The molecule has 2 amide bonds. The first-order valence-electron chi connectivity index (χ1n) is 10.3. The van der Waals surface area contributed by atoms with E-state index >= 15 is 0 Å². The maximum atomic E-state index is 13.1. The number of hydrogen-bond acceptors (Lipinski definition) is 6. The molecule has 2 heterocycles. The molecule has 0 spiro atoms. The number of fused-ring (bicyclic) bond motifs is 1. The largest absolute Gasteiger partial charge is 0.495 e. The number of ether oxygens (including phenoxy) is 1. The quantitative estimate of drug-likeness (QED) is 0.405. The fourth-order valence-electron chi connectivity index (χ4n) is 3.48. The second kappa shape index (κ2) is 9.66. The minimum atomic E-state index is -0.421. The summed E-state index contributed by atoms with van der Waals surface area (Å²) in [5.74, 6) is -0.245. The zero-order valence-corrected chi connectivity index (χ0v) is 20.2. The summed E-state index contributed by atoms with van der Waals surface area (Å²) in [4.78, 5) is 43.7. The van der Waals surface area contributed by atoms with Crippen LogP contribution in [0, 0.1) is 13.8 Å². The molecule has 0 fully saturated rings. The van der Waals surface area contributed by atoms with Crippen molar-refractivity contribution >= 4 is 56.3 Å². The van der Waals surface area contributed by atoms with Gasteiger partial charge in [-0.15, -0.1) is 11.3 Å². The Labute approximate surface area is 204 Å². The molecule has 2 N–H and O–H groups in total. The summed E-state index contributed by atoms with van der Waals surface area (Å²) < 4.78 is 6.31. The van der Waals surface area contributed by atoms with E-state index in [0.29, 0.717) is 42.8 Å². The van der Waals surface area contributed by atoms with E-state index < -0.39 is 11.5 Å². The van der Waals surface area contributed by atoms with Crippen LogP contribution >= 0.6 is 22.9 Å². The number of nitrogens with one attached hydrogen (secondary N) is 2. The third-order valence-electron chi connectivity index (χ3n) is 5.27. The van der Waals surface area contributed by atoms with Gasteiger partial charge in [0.05, 0.1) is 28.7 Å². The molecule has 2 aromatic heterocycles. The third-order valence-corrected chi connectivity index (χ3v) is 6.76. The summed E-state index contributed by atoms with van der Waals surface area (Å²) in [6, 6.07) is 12.3. The van der Waals surface area contributed by atoms with Crippen LogP contribution in [-0.4, -0.2) is 28.5 Å². The van der Waals surface area contributed by atoms with Gasteiger partial charge in [-0.2, -0.15) is 0 Å². The first-order valence-corrected chi connectivity index (χ1v) is 11.5. The molecule has 0 atom stereocenters. The highest BCUT2D eigenvalue weighted by molar-refractivity contribution is 7.20. The summed E-state index contributed by atoms with van der Waals surface area (Å²) in [5, 5.41) is 6.26. The number of methoxy groups -OCH3 is 1. The van der Waals surface area contributed by atoms with Crippen LogP contribution in [0.2, 0.25) is 5.02 Å². The van der Waals surface area contributed by atoms with Gasteiger partial charge in [-0.25, -0.2) is 4.98 Å². The summed E-state index contributed by atoms with van der Waals surface area (Å²) in [5.41, 5.74) is 2.24. The number of rotatable bonds is 6. The standard InChI is InChI=1S/C24H21ClN4O4S/c1-13-6-4-5-7-17(13)28-22(31)21-14(2)20-23(34-21)26-12-29(24(20)32)11-19(30)27-15-8-9-18(33-3)16(25)10-15/h4-10,12H,11H2,1-3H3,(H,27,30)(H,28,31). The third kappa shape index (κ3) is 4.66. The number of halogens is 1. The monoisotopic (exact) mass is 496 g/mol. The lowest BCUT2D eigenvalue weighted by molar-refractivity contribution is -0.116. The number of nitrogens with zero attached hydrogens (tertiary/aromatic N) is 2. The highest BCUT2D eigenvalue weighted by atomic mass is 35.5. The zero-order chi connectivity index (χ0) is 24.4. The molecule has 0 aliphatic heterocycles. The van der Waals surface area contributed by atoms with Crippen molar-refractivity contribution in [2.45, 2.75) is 20.4 Å². The van der Waals surface area contributed by atoms with Gasteiger partial charge < -0.3 is 15.4 Å². The van der Waals surface area contributed by atoms with E-state index in [1.807, 2.05) is 31.2 Å². The highest BCUT2D eigenvalue weighted by Crippen LogP contribution is 2.29. The van der Waals surface area contributed by atoms with Crippen molar-refractivity contribution in [3.8, 4) is 5.75 Å². The van der Waals surface area contributed by atoms with Crippen LogP contribution in [0.5, 0.6) is 5.75 Å². The second-order valence-corrected chi connectivity index (χ2v) is 8.99. The van der Waals surface area contributed by atoms with E-state index in [2.05, 4.69) is 15.6 Å². The van der Waals surface area contributed by atoms with Crippen molar-refractivity contribution in [1.82, 2.24) is 9.55 Å². The molecule has 34 heavy (non-hydrogen) atoms. The minimum Gasteiger partial charge on any atom is -0.495 e. The Morgan fingerprint density at radius 2 is 1.91 bits per heavy atom. The Bertz CT molecular complexity index is 1480. The van der Waals surface area contributed by atoms with Gasteiger partial charge in [0.15, 0.2) is 0 Å². The van der Waals surface area contributed by atoms with Gasteiger partial charge >= 0.3 is 0 Å². The summed E-state index contributed by atoms with van der Waals surface area (Å²) in [6.45, 7) is 3.36. The summed E-state index contributed by atoms with van der Waals surface area (Å²) in [6.07, 6.45) is 1.31. The van der Waals surface area contributed by atoms with Crippen molar-refractivity contribution in [2.24, 2.45) is 0 Å². The lowest BCUT2D eigenvalue weighted by Gasteiger charge is -2.09. The van der Waals surface area contributed by atoms with E-state index in [-0.39, 0.29) is 12.5 Å². The molecule has 4 rings (SSSR count). The molecule has 174 valence electrons. The average molecular weight is 497 g/mol. The lowest BCUT2D eigenvalue weighted by Crippen LogP contribution is -2.28. The molecule has 0 radical (unpaired) electrons. The van der Waals surface area contributed by atoms with Gasteiger partial charge in [-0.05, 0) is 49.2 Å². The van der Waals surface area contributed by atoms with Crippen molar-refractivity contribution in [3.63, 3.8) is 0 Å². The highest BCUT2D eigenvalue weighted by Gasteiger charge is 2.20. The molecule has 0 saturated heterocycles. The van der Waals surface area contributed by atoms with Gasteiger partial charge in [0, 0.05) is 11.4 Å². The molecular formula is C24H21ClN4O4S. The molecule has 0 aliphatic rings. The predicted molar refractivity (Wildman–Crippen MR) is 134 cm³/mol. The van der Waals surface area contributed by atoms with Gasteiger partial charge in [-0.3, -0.25) is 19.0 Å². The topological polar surface area (TPSA) is 102 Å². The van der Waals surface area contributed by atoms with Crippen LogP contribution in [-0.2, 0) is 11.3 Å². The Kier molecular flexibility index (Phi) is 6.67. The van der Waals surface area contributed by atoms with E-state index in [1.165, 1.54) is 18.0 Å². The van der Waals surface area contributed by atoms with Crippen LogP contribution in [0.1, 0.15) is 20.8 Å². The first-order chi connectivity index (χ1) is 16.3. The van der Waals surface area contributed by atoms with Crippen molar-refractivity contribution in [2.75, 3.05) is 17.7 Å². The van der Waals surface area contributed by atoms with Crippen molar-refractivity contribution < 1.29 is 14.3 Å². The number of carbonyl (C=O) groups is 2. The molecule has 10 heteroatoms. The van der Waals surface area contributed by atoms with Crippen molar-refractivity contribution in [1.29, 1.82) is 0 Å². The van der Waals surface area contributed by atoms with Gasteiger partial charge in [0.1, 0.15) is 17.1 Å². The minimum absolute atomic E-state index is 0.245. The average Bonchev–Trinajstić information content (AvgIpc) is 3.14. The molecule has 4 aromatic rings. The van der Waals surface area contributed by atoms with E-state index in [1.54, 1.807) is 25.1 Å². The second-order valence-electron chi connectivity index (χ2n) is 7.58. The Hall–Kier alpha value is -3.69. The van der Waals surface area contributed by atoms with Crippen LogP contribution in [0.25, 0.3) is 10.2 Å². The molecular weight excluding hydrogens is 476 g/mol. The van der Waals surface area contributed by atoms with Crippen LogP contribution in [0.4, 0.5) is 11.4 Å². The Balaban J connectivity index is 1.56. The number of anilines is 2. The van der Waals surface area contributed by atoms with Crippen LogP contribution in [0.3, 0.4) is 0 Å². The number of aromatic nitrogens is 2. The summed E-state index contributed by atoms with van der Waals surface area (Å²) in [7, 11) is 1.50. The number of thiophene rings is 1. The number of aryl methyl sites for hydroxylation is 2.